The summed E-state index contributed by atoms with van der Waals surface area (Å²) in [5.74, 6) is 2.55. The Balaban J connectivity index is 2.45. The Morgan fingerprint density at radius 3 is 1.79 bits per heavy atom. The Hall–Kier alpha value is -0.0400. The van der Waals surface area contributed by atoms with Crippen LogP contribution in [0.25, 0.3) is 0 Å². The van der Waals surface area contributed by atoms with Crippen molar-refractivity contribution in [3.05, 3.63) is 0 Å². The molecule has 0 aromatic heterocycles. The van der Waals surface area contributed by atoms with Gasteiger partial charge in [-0.25, -0.2) is 0 Å². The van der Waals surface area contributed by atoms with Crippen LogP contribution >= 0.6 is 0 Å². The van der Waals surface area contributed by atoms with Gasteiger partial charge >= 0.3 is 0 Å². The van der Waals surface area contributed by atoms with Gasteiger partial charge in [-0.1, -0.05) is 34.6 Å². The molecule has 0 aliphatic heterocycles. The largest absolute Gasteiger partial charge is 0.314 e. The molecule has 1 nitrogen and oxygen atoms in total. The molecule has 0 heterocycles. The topological polar surface area (TPSA) is 12.0 Å². The van der Waals surface area contributed by atoms with Crippen molar-refractivity contribution >= 4 is 0 Å². The summed E-state index contributed by atoms with van der Waals surface area (Å²) < 4.78 is 0. The van der Waals surface area contributed by atoms with Crippen LogP contribution in [0.15, 0.2) is 0 Å². The van der Waals surface area contributed by atoms with Gasteiger partial charge in [0.25, 0.3) is 0 Å². The number of rotatable bonds is 1. The van der Waals surface area contributed by atoms with Gasteiger partial charge in [-0.3, -0.25) is 0 Å². The van der Waals surface area contributed by atoms with Crippen LogP contribution < -0.4 is 5.32 Å². The Labute approximate surface area is 88.7 Å². The third-order valence-electron chi connectivity index (χ3n) is 6.48. The van der Waals surface area contributed by atoms with Crippen molar-refractivity contribution < 1.29 is 0 Å². The van der Waals surface area contributed by atoms with Crippen molar-refractivity contribution in [2.75, 3.05) is 7.05 Å². The lowest BCUT2D eigenvalue weighted by molar-refractivity contribution is 0.126. The fourth-order valence-corrected chi connectivity index (χ4v) is 4.98. The second-order valence-corrected chi connectivity index (χ2v) is 6.50. The molecule has 1 N–H and O–H groups in total. The molecule has 2 aliphatic rings. The van der Waals surface area contributed by atoms with E-state index in [1.165, 1.54) is 0 Å². The van der Waals surface area contributed by atoms with Crippen molar-refractivity contribution in [3.8, 4) is 0 Å². The van der Waals surface area contributed by atoms with Crippen molar-refractivity contribution in [2.45, 2.75) is 47.1 Å². The van der Waals surface area contributed by atoms with Crippen LogP contribution in [0.1, 0.15) is 41.5 Å². The second-order valence-electron chi connectivity index (χ2n) is 6.50. The Bertz CT molecular complexity index is 268. The molecule has 0 bridgehead atoms. The van der Waals surface area contributed by atoms with Gasteiger partial charge in [0.1, 0.15) is 0 Å². The molecule has 1 heteroatoms. The molecular formula is C13H25N. The first-order valence-corrected chi connectivity index (χ1v) is 5.94. The van der Waals surface area contributed by atoms with Crippen molar-refractivity contribution in [2.24, 2.45) is 28.6 Å². The monoisotopic (exact) mass is 195 g/mol. The highest BCUT2D eigenvalue weighted by atomic mass is 15.1. The Morgan fingerprint density at radius 1 is 1.00 bits per heavy atom. The van der Waals surface area contributed by atoms with Crippen molar-refractivity contribution in [1.29, 1.82) is 0 Å². The molecular weight excluding hydrogens is 170 g/mol. The van der Waals surface area contributed by atoms with E-state index >= 15 is 0 Å². The van der Waals surface area contributed by atoms with E-state index in [1.807, 2.05) is 0 Å². The molecule has 0 aromatic rings. The Morgan fingerprint density at radius 2 is 1.50 bits per heavy atom. The standard InChI is InChI=1S/C13H25N/c1-8-9(2)13(6,14-7)12(5)10(8)11(12,3)4/h8-10,14H,1-7H3. The van der Waals surface area contributed by atoms with Crippen molar-refractivity contribution in [3.63, 3.8) is 0 Å². The van der Waals surface area contributed by atoms with Crippen LogP contribution in [0.3, 0.4) is 0 Å². The van der Waals surface area contributed by atoms with E-state index in [1.54, 1.807) is 0 Å². The lowest BCUT2D eigenvalue weighted by atomic mass is 9.70. The minimum Gasteiger partial charge on any atom is -0.314 e. The molecule has 5 atom stereocenters. The van der Waals surface area contributed by atoms with E-state index in [-0.39, 0.29) is 0 Å². The fraction of sp³-hybridized carbons (Fsp3) is 1.00. The maximum Gasteiger partial charge on any atom is 0.0240 e. The first-order valence-electron chi connectivity index (χ1n) is 5.94. The average Bonchev–Trinajstić information content (AvgIpc) is 2.52. The SMILES string of the molecule is CNC1(C)C(C)C(C)C2C(C)(C)C21C. The number of nitrogens with one attached hydrogen (secondary N) is 1. The van der Waals surface area contributed by atoms with Crippen LogP contribution in [0.5, 0.6) is 0 Å². The molecule has 14 heavy (non-hydrogen) atoms. The summed E-state index contributed by atoms with van der Waals surface area (Å²) in [6, 6.07) is 0. The van der Waals surface area contributed by atoms with E-state index in [2.05, 4.69) is 53.9 Å². The molecule has 0 radical (unpaired) electrons. The molecule has 5 unspecified atom stereocenters. The predicted octanol–water partition coefficient (Wildman–Crippen LogP) is 2.91. The van der Waals surface area contributed by atoms with E-state index in [9.17, 15) is 0 Å². The van der Waals surface area contributed by atoms with Crippen LogP contribution in [-0.4, -0.2) is 12.6 Å². The van der Waals surface area contributed by atoms with Gasteiger partial charge in [0.15, 0.2) is 0 Å². The molecule has 0 spiro atoms. The second kappa shape index (κ2) is 2.37. The minimum atomic E-state index is 0.320. The van der Waals surface area contributed by atoms with Gasteiger partial charge in [0, 0.05) is 5.54 Å². The lowest BCUT2D eigenvalue weighted by Gasteiger charge is -2.42. The van der Waals surface area contributed by atoms with Crippen LogP contribution in [0, 0.1) is 28.6 Å². The number of fused-ring (bicyclic) bond motifs is 1. The highest BCUT2D eigenvalue weighted by molar-refractivity contribution is 5.31. The third-order valence-corrected chi connectivity index (χ3v) is 6.48. The van der Waals surface area contributed by atoms with Gasteiger partial charge in [-0.05, 0) is 42.6 Å². The summed E-state index contributed by atoms with van der Waals surface area (Å²) in [4.78, 5) is 0. The summed E-state index contributed by atoms with van der Waals surface area (Å²) in [6.07, 6.45) is 0. The van der Waals surface area contributed by atoms with E-state index in [4.69, 9.17) is 0 Å². The molecule has 0 saturated heterocycles. The van der Waals surface area contributed by atoms with Gasteiger partial charge < -0.3 is 5.32 Å². The number of hydrogen-bond acceptors (Lipinski definition) is 1. The molecule has 0 amide bonds. The predicted molar refractivity (Wildman–Crippen MR) is 61.2 cm³/mol. The molecule has 2 saturated carbocycles. The normalized spacial score (nSPS) is 59.8. The summed E-state index contributed by atoms with van der Waals surface area (Å²) >= 11 is 0. The zero-order valence-corrected chi connectivity index (χ0v) is 10.7. The van der Waals surface area contributed by atoms with E-state index in [0.29, 0.717) is 16.4 Å². The van der Waals surface area contributed by atoms with Gasteiger partial charge in [0.05, 0.1) is 0 Å². The van der Waals surface area contributed by atoms with Gasteiger partial charge in [-0.2, -0.15) is 0 Å². The minimum absolute atomic E-state index is 0.320. The molecule has 82 valence electrons. The summed E-state index contributed by atoms with van der Waals surface area (Å²) in [5.41, 5.74) is 1.34. The Kier molecular flexibility index (Phi) is 1.77. The van der Waals surface area contributed by atoms with Crippen LogP contribution in [0.2, 0.25) is 0 Å². The van der Waals surface area contributed by atoms with E-state index in [0.717, 1.165) is 17.8 Å². The fourth-order valence-electron chi connectivity index (χ4n) is 4.98. The average molecular weight is 195 g/mol. The highest BCUT2D eigenvalue weighted by Gasteiger charge is 2.81. The first kappa shape index (κ1) is 10.5. The third kappa shape index (κ3) is 0.711. The maximum absolute atomic E-state index is 3.61. The van der Waals surface area contributed by atoms with Crippen molar-refractivity contribution in [1.82, 2.24) is 5.32 Å². The zero-order valence-electron chi connectivity index (χ0n) is 10.7. The quantitative estimate of drug-likeness (QED) is 0.678. The van der Waals surface area contributed by atoms with E-state index < -0.39 is 0 Å². The maximum atomic E-state index is 3.61. The van der Waals surface area contributed by atoms with Crippen LogP contribution in [-0.2, 0) is 0 Å². The summed E-state index contributed by atoms with van der Waals surface area (Å²) in [5, 5.41) is 3.61. The lowest BCUT2D eigenvalue weighted by Crippen LogP contribution is -2.52. The van der Waals surface area contributed by atoms with Gasteiger partial charge in [-0.15, -0.1) is 0 Å². The molecule has 2 rings (SSSR count). The summed E-state index contributed by atoms with van der Waals surface area (Å²) in [7, 11) is 2.13. The zero-order chi connectivity index (χ0) is 10.9. The molecule has 0 aromatic carbocycles. The molecule has 2 fully saturated rings. The highest BCUT2D eigenvalue weighted by Crippen LogP contribution is 2.82. The van der Waals surface area contributed by atoms with Gasteiger partial charge in [0.2, 0.25) is 0 Å². The smallest absolute Gasteiger partial charge is 0.0240 e. The summed E-state index contributed by atoms with van der Waals surface area (Å²) in [6.45, 7) is 14.6. The first-order chi connectivity index (χ1) is 6.25. The number of hydrogen-bond donors (Lipinski definition) is 1. The molecule has 2 aliphatic carbocycles. The van der Waals surface area contributed by atoms with Crippen LogP contribution in [0.4, 0.5) is 0 Å².